The van der Waals surface area contributed by atoms with Crippen molar-refractivity contribution in [1.82, 2.24) is 0 Å². The van der Waals surface area contributed by atoms with Gasteiger partial charge in [0.15, 0.2) is 0 Å². The minimum atomic E-state index is -4.26. The maximum Gasteiger partial charge on any atom is 0.336 e. The van der Waals surface area contributed by atoms with Crippen LogP contribution in [0.2, 0.25) is 0 Å². The first-order valence-electron chi connectivity index (χ1n) is 6.46. The SMILES string of the molecule is Cc1ccc(C(F)(F)[C@H](F)O[C@H](F)C(F)(F)c2cccs2)cc1. The Morgan fingerprint density at radius 2 is 1.48 bits per heavy atom. The topological polar surface area (TPSA) is 9.23 Å². The van der Waals surface area contributed by atoms with Gasteiger partial charge < -0.3 is 4.74 Å². The molecule has 2 rings (SSSR count). The molecule has 0 aliphatic carbocycles. The van der Waals surface area contributed by atoms with Crippen molar-refractivity contribution < 1.29 is 31.1 Å². The number of benzene rings is 1. The van der Waals surface area contributed by atoms with E-state index in [0.717, 1.165) is 18.2 Å². The lowest BCUT2D eigenvalue weighted by molar-refractivity contribution is -0.294. The van der Waals surface area contributed by atoms with E-state index in [9.17, 15) is 26.3 Å². The third kappa shape index (κ3) is 3.69. The van der Waals surface area contributed by atoms with Crippen molar-refractivity contribution in [3.05, 3.63) is 57.8 Å². The Labute approximate surface area is 132 Å². The van der Waals surface area contributed by atoms with Crippen LogP contribution in [-0.4, -0.2) is 12.7 Å². The summed E-state index contributed by atoms with van der Waals surface area (Å²) in [7, 11) is 0. The monoisotopic (exact) mass is 354 g/mol. The molecule has 0 saturated heterocycles. The second-order valence-electron chi connectivity index (χ2n) is 4.86. The van der Waals surface area contributed by atoms with Gasteiger partial charge in [-0.15, -0.1) is 11.3 Å². The molecule has 1 aromatic heterocycles. The number of hydrogen-bond donors (Lipinski definition) is 0. The number of ether oxygens (including phenoxy) is 1. The molecule has 0 aliphatic rings. The number of halogens is 6. The Kier molecular flexibility index (Phi) is 5.05. The molecule has 8 heteroatoms. The van der Waals surface area contributed by atoms with Crippen LogP contribution in [0, 0.1) is 6.92 Å². The first-order chi connectivity index (χ1) is 10.7. The zero-order valence-electron chi connectivity index (χ0n) is 11.8. The van der Waals surface area contributed by atoms with Gasteiger partial charge in [-0.2, -0.15) is 17.6 Å². The fourth-order valence-corrected chi connectivity index (χ4v) is 2.47. The van der Waals surface area contributed by atoms with Gasteiger partial charge in [0, 0.05) is 5.56 Å². The summed E-state index contributed by atoms with van der Waals surface area (Å²) in [5, 5.41) is 1.25. The van der Waals surface area contributed by atoms with Crippen LogP contribution in [-0.2, 0) is 16.6 Å². The van der Waals surface area contributed by atoms with Crippen molar-refractivity contribution in [2.75, 3.05) is 0 Å². The highest BCUT2D eigenvalue weighted by molar-refractivity contribution is 7.10. The smallest absolute Gasteiger partial charge is 0.303 e. The maximum absolute atomic E-state index is 13.9. The minimum absolute atomic E-state index is 0.511. The molecule has 1 heterocycles. The quantitative estimate of drug-likeness (QED) is 0.618. The summed E-state index contributed by atoms with van der Waals surface area (Å²) in [4.78, 5) is -0.740. The summed E-state index contributed by atoms with van der Waals surface area (Å²) in [6.07, 6.45) is -7.08. The summed E-state index contributed by atoms with van der Waals surface area (Å²) in [5.74, 6) is -8.48. The molecule has 0 spiro atoms. The van der Waals surface area contributed by atoms with Gasteiger partial charge in [-0.3, -0.25) is 0 Å². The van der Waals surface area contributed by atoms with Crippen LogP contribution >= 0.6 is 11.3 Å². The molecule has 0 fully saturated rings. The zero-order valence-corrected chi connectivity index (χ0v) is 12.6. The van der Waals surface area contributed by atoms with Crippen LogP contribution in [0.15, 0.2) is 41.8 Å². The first kappa shape index (κ1) is 17.8. The van der Waals surface area contributed by atoms with Gasteiger partial charge >= 0.3 is 11.8 Å². The van der Waals surface area contributed by atoms with E-state index in [2.05, 4.69) is 4.74 Å². The predicted octanol–water partition coefficient (Wildman–Crippen LogP) is 5.55. The van der Waals surface area contributed by atoms with Gasteiger partial charge in [0.25, 0.3) is 12.7 Å². The highest BCUT2D eigenvalue weighted by Crippen LogP contribution is 2.41. The fourth-order valence-electron chi connectivity index (χ4n) is 1.76. The van der Waals surface area contributed by atoms with Crippen molar-refractivity contribution >= 4 is 11.3 Å². The van der Waals surface area contributed by atoms with Gasteiger partial charge in [0.1, 0.15) is 0 Å². The van der Waals surface area contributed by atoms with Crippen LogP contribution in [0.5, 0.6) is 0 Å². The third-order valence-electron chi connectivity index (χ3n) is 3.10. The molecule has 0 radical (unpaired) electrons. The van der Waals surface area contributed by atoms with E-state index in [1.807, 2.05) is 0 Å². The van der Waals surface area contributed by atoms with Crippen LogP contribution in [0.1, 0.15) is 16.0 Å². The van der Waals surface area contributed by atoms with Gasteiger partial charge in [-0.25, -0.2) is 8.78 Å². The van der Waals surface area contributed by atoms with E-state index in [-0.39, 0.29) is 0 Å². The van der Waals surface area contributed by atoms with Crippen molar-refractivity contribution in [2.45, 2.75) is 31.5 Å². The average molecular weight is 354 g/mol. The molecule has 2 aromatic rings. The van der Waals surface area contributed by atoms with E-state index in [1.54, 1.807) is 6.92 Å². The van der Waals surface area contributed by atoms with Crippen LogP contribution in [0.3, 0.4) is 0 Å². The lowest BCUT2D eigenvalue weighted by atomic mass is 10.1. The summed E-state index contributed by atoms with van der Waals surface area (Å²) < 4.78 is 86.0. The summed E-state index contributed by atoms with van der Waals surface area (Å²) in [6.45, 7) is 1.63. The minimum Gasteiger partial charge on any atom is -0.303 e. The molecule has 23 heavy (non-hydrogen) atoms. The summed E-state index contributed by atoms with van der Waals surface area (Å²) >= 11 is 0.511. The molecule has 1 aromatic carbocycles. The van der Waals surface area contributed by atoms with E-state index in [1.165, 1.54) is 23.6 Å². The largest absolute Gasteiger partial charge is 0.336 e. The second kappa shape index (κ2) is 6.52. The molecule has 0 amide bonds. The first-order valence-corrected chi connectivity index (χ1v) is 7.34. The Morgan fingerprint density at radius 1 is 0.913 bits per heavy atom. The number of thiophene rings is 1. The predicted molar refractivity (Wildman–Crippen MR) is 74.2 cm³/mol. The Bertz CT molecular complexity index is 626. The highest BCUT2D eigenvalue weighted by atomic mass is 32.1. The average Bonchev–Trinajstić information content (AvgIpc) is 3.02. The van der Waals surface area contributed by atoms with E-state index >= 15 is 0 Å². The van der Waals surface area contributed by atoms with Crippen LogP contribution < -0.4 is 0 Å². The normalized spacial score (nSPS) is 15.4. The summed E-state index contributed by atoms with van der Waals surface area (Å²) in [6, 6.07) is 6.58. The number of aryl methyl sites for hydroxylation is 1. The maximum atomic E-state index is 13.9. The van der Waals surface area contributed by atoms with Gasteiger partial charge in [0.2, 0.25) is 0 Å². The number of alkyl halides is 6. The van der Waals surface area contributed by atoms with Crippen molar-refractivity contribution in [1.29, 1.82) is 0 Å². The lowest BCUT2D eigenvalue weighted by Crippen LogP contribution is -2.38. The Morgan fingerprint density at radius 3 is 2.00 bits per heavy atom. The number of rotatable bonds is 6. The van der Waals surface area contributed by atoms with E-state index in [4.69, 9.17) is 0 Å². The van der Waals surface area contributed by atoms with E-state index in [0.29, 0.717) is 16.9 Å². The molecular weight excluding hydrogens is 342 g/mol. The van der Waals surface area contributed by atoms with Gasteiger partial charge in [-0.1, -0.05) is 35.9 Å². The molecule has 0 saturated carbocycles. The van der Waals surface area contributed by atoms with Gasteiger partial charge in [0.05, 0.1) is 4.88 Å². The van der Waals surface area contributed by atoms with Gasteiger partial charge in [-0.05, 0) is 18.4 Å². The Balaban J connectivity index is 2.13. The van der Waals surface area contributed by atoms with Crippen molar-refractivity contribution in [2.24, 2.45) is 0 Å². The molecule has 126 valence electrons. The fraction of sp³-hybridized carbons (Fsp3) is 0.333. The highest BCUT2D eigenvalue weighted by Gasteiger charge is 2.51. The standard InChI is InChI=1S/C15H12F6OS/c1-9-4-6-10(7-5-9)14(18,19)12(16)22-13(17)15(20,21)11-3-2-8-23-11/h2-8,12-13H,1H3/t12-,13+/m1/s1. The zero-order chi connectivity index (χ0) is 17.3. The molecule has 0 unspecified atom stereocenters. The number of hydrogen-bond acceptors (Lipinski definition) is 2. The van der Waals surface area contributed by atoms with Crippen molar-refractivity contribution in [3.63, 3.8) is 0 Å². The van der Waals surface area contributed by atoms with Crippen LogP contribution in [0.25, 0.3) is 0 Å². The molecule has 2 atom stereocenters. The molecule has 0 N–H and O–H groups in total. The molecule has 0 aliphatic heterocycles. The molecular formula is C15H12F6OS. The molecule has 0 bridgehead atoms. The van der Waals surface area contributed by atoms with Crippen LogP contribution in [0.4, 0.5) is 26.3 Å². The molecule has 1 nitrogen and oxygen atoms in total. The van der Waals surface area contributed by atoms with Crippen molar-refractivity contribution in [3.8, 4) is 0 Å². The van der Waals surface area contributed by atoms with E-state index < -0.39 is 35.0 Å². The summed E-state index contributed by atoms with van der Waals surface area (Å²) in [5.41, 5.74) is -0.143. The third-order valence-corrected chi connectivity index (χ3v) is 4.05. The second-order valence-corrected chi connectivity index (χ2v) is 5.81. The lowest BCUT2D eigenvalue weighted by Gasteiger charge is -2.26. The Hall–Kier alpha value is -1.54.